The molecule has 1 nitrogen and oxygen atoms in total. The Hall–Kier alpha value is -1.11. The summed E-state index contributed by atoms with van der Waals surface area (Å²) in [5.74, 6) is 0. The van der Waals surface area contributed by atoms with Crippen molar-refractivity contribution in [2.45, 2.75) is 25.7 Å². The second-order valence-electron chi connectivity index (χ2n) is 2.97. The fourth-order valence-corrected chi connectivity index (χ4v) is 1.46. The van der Waals surface area contributed by atoms with Gasteiger partial charge in [0.15, 0.2) is 0 Å². The second kappa shape index (κ2) is 4.70. The van der Waals surface area contributed by atoms with Gasteiger partial charge in [-0.2, -0.15) is 0 Å². The molecule has 64 valence electrons. The summed E-state index contributed by atoms with van der Waals surface area (Å²) in [7, 11) is 0. The molecule has 0 aliphatic heterocycles. The maximum absolute atomic E-state index is 10.6. The van der Waals surface area contributed by atoms with Gasteiger partial charge in [-0.3, -0.25) is 4.79 Å². The van der Waals surface area contributed by atoms with Crippen molar-refractivity contribution in [3.05, 3.63) is 36.0 Å². The lowest BCUT2D eigenvalue weighted by atomic mass is 9.92. The van der Waals surface area contributed by atoms with Gasteiger partial charge in [-0.25, -0.2) is 0 Å². The Balaban J connectivity index is 2.79. The van der Waals surface area contributed by atoms with Crippen LogP contribution in [0.25, 0.3) is 0 Å². The zero-order valence-corrected chi connectivity index (χ0v) is 7.25. The van der Waals surface area contributed by atoms with Gasteiger partial charge >= 0.3 is 0 Å². The van der Waals surface area contributed by atoms with E-state index in [0.717, 1.165) is 31.1 Å². The molecular formula is C11H14O. The molecule has 1 heteroatoms. The molecule has 1 aliphatic carbocycles. The van der Waals surface area contributed by atoms with E-state index in [1.54, 1.807) is 6.08 Å². The van der Waals surface area contributed by atoms with Gasteiger partial charge in [0.05, 0.1) is 0 Å². The molecule has 1 aliphatic rings. The highest BCUT2D eigenvalue weighted by Crippen LogP contribution is 2.23. The van der Waals surface area contributed by atoms with E-state index >= 15 is 0 Å². The average Bonchev–Trinajstić information content (AvgIpc) is 2.15. The summed E-state index contributed by atoms with van der Waals surface area (Å²) in [4.78, 5) is 10.6. The predicted octanol–water partition coefficient (Wildman–Crippen LogP) is 2.80. The van der Waals surface area contributed by atoms with Gasteiger partial charge in [0.2, 0.25) is 0 Å². The monoisotopic (exact) mass is 162 g/mol. The van der Waals surface area contributed by atoms with E-state index in [2.05, 4.69) is 6.58 Å². The number of carbonyl (C=O) groups excluding carboxylic acids is 1. The third-order valence-electron chi connectivity index (χ3n) is 2.13. The molecule has 0 spiro atoms. The van der Waals surface area contributed by atoms with Crippen LogP contribution in [0, 0.1) is 0 Å². The SMILES string of the molecule is C=C/C=C\C1=C(C=O)CCCC1. The van der Waals surface area contributed by atoms with Crippen LogP contribution in [0.2, 0.25) is 0 Å². The lowest BCUT2D eigenvalue weighted by Crippen LogP contribution is -1.98. The van der Waals surface area contributed by atoms with Crippen LogP contribution in [-0.4, -0.2) is 6.29 Å². The highest BCUT2D eigenvalue weighted by atomic mass is 16.1. The molecule has 0 saturated carbocycles. The van der Waals surface area contributed by atoms with Crippen molar-refractivity contribution in [1.82, 2.24) is 0 Å². The fourth-order valence-electron chi connectivity index (χ4n) is 1.46. The summed E-state index contributed by atoms with van der Waals surface area (Å²) in [6.07, 6.45) is 11.0. The molecule has 0 aromatic carbocycles. The molecule has 0 radical (unpaired) electrons. The summed E-state index contributed by atoms with van der Waals surface area (Å²) < 4.78 is 0. The van der Waals surface area contributed by atoms with Crippen LogP contribution in [-0.2, 0) is 4.79 Å². The first-order chi connectivity index (χ1) is 5.88. The Labute approximate surface area is 73.5 Å². The Morgan fingerprint density at radius 2 is 1.83 bits per heavy atom. The third-order valence-corrected chi connectivity index (χ3v) is 2.13. The minimum absolute atomic E-state index is 0.945. The normalized spacial score (nSPS) is 18.3. The van der Waals surface area contributed by atoms with E-state index in [9.17, 15) is 4.79 Å². The molecule has 1 rings (SSSR count). The van der Waals surface area contributed by atoms with Gasteiger partial charge < -0.3 is 0 Å². The number of aldehydes is 1. The summed E-state index contributed by atoms with van der Waals surface area (Å²) in [6.45, 7) is 3.60. The molecule has 0 unspecified atom stereocenters. The molecule has 0 atom stereocenters. The molecular weight excluding hydrogens is 148 g/mol. The van der Waals surface area contributed by atoms with Crippen molar-refractivity contribution < 1.29 is 4.79 Å². The van der Waals surface area contributed by atoms with Crippen LogP contribution >= 0.6 is 0 Å². The van der Waals surface area contributed by atoms with Crippen molar-refractivity contribution in [1.29, 1.82) is 0 Å². The summed E-state index contributed by atoms with van der Waals surface area (Å²) in [5, 5.41) is 0. The van der Waals surface area contributed by atoms with Gasteiger partial charge in [-0.05, 0) is 36.8 Å². The van der Waals surface area contributed by atoms with Gasteiger partial charge in [-0.1, -0.05) is 24.8 Å². The second-order valence-corrected chi connectivity index (χ2v) is 2.97. The van der Waals surface area contributed by atoms with E-state index in [0.29, 0.717) is 0 Å². The average molecular weight is 162 g/mol. The van der Waals surface area contributed by atoms with Crippen molar-refractivity contribution in [2.75, 3.05) is 0 Å². The zero-order chi connectivity index (χ0) is 8.81. The van der Waals surface area contributed by atoms with Crippen LogP contribution in [0.15, 0.2) is 36.0 Å². The molecule has 0 amide bonds. The smallest absolute Gasteiger partial charge is 0.146 e. The van der Waals surface area contributed by atoms with Crippen LogP contribution in [0.4, 0.5) is 0 Å². The molecule has 0 aromatic rings. The molecule has 0 aromatic heterocycles. The number of rotatable bonds is 3. The summed E-state index contributed by atoms with van der Waals surface area (Å²) in [6, 6.07) is 0. The molecule has 12 heavy (non-hydrogen) atoms. The minimum Gasteiger partial charge on any atom is -0.298 e. The van der Waals surface area contributed by atoms with Crippen molar-refractivity contribution in [3.63, 3.8) is 0 Å². The topological polar surface area (TPSA) is 17.1 Å². The van der Waals surface area contributed by atoms with Crippen LogP contribution in [0.5, 0.6) is 0 Å². The minimum atomic E-state index is 0.945. The Bertz CT molecular complexity index is 233. The van der Waals surface area contributed by atoms with Crippen molar-refractivity contribution in [2.24, 2.45) is 0 Å². The fraction of sp³-hybridized carbons (Fsp3) is 0.364. The maximum atomic E-state index is 10.6. The predicted molar refractivity (Wildman–Crippen MR) is 50.9 cm³/mol. The van der Waals surface area contributed by atoms with Crippen LogP contribution < -0.4 is 0 Å². The molecule has 0 N–H and O–H groups in total. The third kappa shape index (κ3) is 2.19. The number of hydrogen-bond donors (Lipinski definition) is 0. The first-order valence-corrected chi connectivity index (χ1v) is 4.35. The number of carbonyl (C=O) groups is 1. The number of hydrogen-bond acceptors (Lipinski definition) is 1. The molecule has 0 saturated heterocycles. The highest BCUT2D eigenvalue weighted by Gasteiger charge is 2.08. The number of allylic oxidation sites excluding steroid dienone is 5. The molecule has 0 heterocycles. The van der Waals surface area contributed by atoms with E-state index in [1.165, 1.54) is 12.0 Å². The van der Waals surface area contributed by atoms with Crippen molar-refractivity contribution >= 4 is 6.29 Å². The first kappa shape index (κ1) is 8.98. The van der Waals surface area contributed by atoms with Gasteiger partial charge in [-0.15, -0.1) is 0 Å². The van der Waals surface area contributed by atoms with Gasteiger partial charge in [0.25, 0.3) is 0 Å². The van der Waals surface area contributed by atoms with Gasteiger partial charge in [0.1, 0.15) is 6.29 Å². The lowest BCUT2D eigenvalue weighted by molar-refractivity contribution is -0.105. The van der Waals surface area contributed by atoms with Crippen LogP contribution in [0.1, 0.15) is 25.7 Å². The largest absolute Gasteiger partial charge is 0.298 e. The maximum Gasteiger partial charge on any atom is 0.146 e. The highest BCUT2D eigenvalue weighted by molar-refractivity contribution is 5.75. The van der Waals surface area contributed by atoms with Gasteiger partial charge in [0, 0.05) is 0 Å². The quantitative estimate of drug-likeness (QED) is 0.460. The summed E-state index contributed by atoms with van der Waals surface area (Å²) >= 11 is 0. The van der Waals surface area contributed by atoms with Crippen molar-refractivity contribution in [3.8, 4) is 0 Å². The molecule has 0 fully saturated rings. The zero-order valence-electron chi connectivity index (χ0n) is 7.25. The van der Waals surface area contributed by atoms with E-state index < -0.39 is 0 Å². The van der Waals surface area contributed by atoms with E-state index in [4.69, 9.17) is 0 Å². The first-order valence-electron chi connectivity index (χ1n) is 4.35. The molecule has 0 bridgehead atoms. The lowest BCUT2D eigenvalue weighted by Gasteiger charge is -2.12. The Morgan fingerprint density at radius 3 is 2.42 bits per heavy atom. The van der Waals surface area contributed by atoms with E-state index in [-0.39, 0.29) is 0 Å². The Kier molecular flexibility index (Phi) is 3.52. The standard InChI is InChI=1S/C11H14O/c1-2-3-6-10-7-4-5-8-11(10)9-12/h2-3,6,9H,1,4-5,7-8H2/b6-3-. The summed E-state index contributed by atoms with van der Waals surface area (Å²) in [5.41, 5.74) is 2.16. The Morgan fingerprint density at radius 1 is 1.17 bits per heavy atom. The van der Waals surface area contributed by atoms with Crippen LogP contribution in [0.3, 0.4) is 0 Å². The van der Waals surface area contributed by atoms with E-state index in [1.807, 2.05) is 12.2 Å².